The van der Waals surface area contributed by atoms with Gasteiger partial charge in [-0.1, -0.05) is 50.3 Å². The predicted molar refractivity (Wildman–Crippen MR) is 93.4 cm³/mol. The quantitative estimate of drug-likeness (QED) is 0.424. The van der Waals surface area contributed by atoms with E-state index < -0.39 is 23.5 Å². The third-order valence-electron chi connectivity index (χ3n) is 3.92. The van der Waals surface area contributed by atoms with Crippen LogP contribution in [-0.4, -0.2) is 25.2 Å². The molecule has 0 spiro atoms. The maximum atomic E-state index is 12.1. The Bertz CT molecular complexity index is 540. The van der Waals surface area contributed by atoms with Crippen molar-refractivity contribution in [2.75, 3.05) is 7.11 Å². The molecule has 0 radical (unpaired) electrons. The van der Waals surface area contributed by atoms with Crippen molar-refractivity contribution in [2.24, 2.45) is 5.41 Å². The summed E-state index contributed by atoms with van der Waals surface area (Å²) in [5.41, 5.74) is 0.425. The van der Waals surface area contributed by atoms with Gasteiger partial charge in [-0.05, 0) is 30.2 Å². The minimum atomic E-state index is -0.768. The van der Waals surface area contributed by atoms with Crippen LogP contribution in [0, 0.1) is 5.41 Å². The maximum Gasteiger partial charge on any atom is 0.408 e. The molecule has 0 aliphatic rings. The monoisotopic (exact) mass is 333 g/mol. The van der Waals surface area contributed by atoms with E-state index in [9.17, 15) is 9.59 Å². The van der Waals surface area contributed by atoms with Crippen molar-refractivity contribution >= 4 is 12.1 Å². The Balaban J connectivity index is 2.65. The Morgan fingerprint density at radius 3 is 2.54 bits per heavy atom. The summed E-state index contributed by atoms with van der Waals surface area (Å²) in [7, 11) is 1.31. The van der Waals surface area contributed by atoms with E-state index in [-0.39, 0.29) is 6.61 Å². The lowest BCUT2D eigenvalue weighted by molar-refractivity contribution is -0.146. The van der Waals surface area contributed by atoms with Gasteiger partial charge in [0, 0.05) is 0 Å². The minimum Gasteiger partial charge on any atom is -0.467 e. The van der Waals surface area contributed by atoms with Crippen LogP contribution in [0.5, 0.6) is 0 Å². The molecule has 5 heteroatoms. The first-order chi connectivity index (χ1) is 11.4. The molecule has 132 valence electrons. The molecule has 1 aromatic rings. The zero-order chi connectivity index (χ0) is 18.0. The van der Waals surface area contributed by atoms with Gasteiger partial charge >= 0.3 is 12.1 Å². The van der Waals surface area contributed by atoms with Gasteiger partial charge in [-0.2, -0.15) is 0 Å². The number of rotatable bonds is 9. The number of alkyl carbamates (subject to hydrolysis) is 1. The highest BCUT2D eigenvalue weighted by molar-refractivity contribution is 5.82. The Kier molecular flexibility index (Phi) is 8.02. The molecule has 0 aliphatic heterocycles. The summed E-state index contributed by atoms with van der Waals surface area (Å²) in [4.78, 5) is 24.2. The van der Waals surface area contributed by atoms with Crippen molar-refractivity contribution in [3.05, 3.63) is 48.6 Å². The lowest BCUT2D eigenvalue weighted by Gasteiger charge is -2.32. The van der Waals surface area contributed by atoms with Gasteiger partial charge in [-0.25, -0.2) is 9.59 Å². The van der Waals surface area contributed by atoms with E-state index in [1.165, 1.54) is 7.11 Å². The number of hydrogen-bond donors (Lipinski definition) is 1. The normalized spacial score (nSPS) is 12.1. The number of amides is 1. The molecule has 0 aromatic heterocycles. The van der Waals surface area contributed by atoms with E-state index in [1.807, 2.05) is 50.3 Å². The standard InChI is InChI=1S/C19H27NO4/c1-5-6-10-13-19(2,3)16(17(21)23-4)20-18(22)24-14-15-11-8-7-9-12-15/h5,7-9,11-12,16H,1,6,10,13-14H2,2-4H3,(H,20,22). The van der Waals surface area contributed by atoms with E-state index in [0.717, 1.165) is 24.8 Å². The molecule has 0 saturated carbocycles. The summed E-state index contributed by atoms with van der Waals surface area (Å²) in [5.74, 6) is -0.477. The molecule has 0 heterocycles. The second kappa shape index (κ2) is 9.75. The smallest absolute Gasteiger partial charge is 0.408 e. The van der Waals surface area contributed by atoms with Crippen LogP contribution < -0.4 is 5.32 Å². The molecule has 1 rings (SSSR count). The first-order valence-electron chi connectivity index (χ1n) is 8.06. The van der Waals surface area contributed by atoms with Gasteiger partial charge in [-0.3, -0.25) is 0 Å². The third-order valence-corrected chi connectivity index (χ3v) is 3.92. The zero-order valence-electron chi connectivity index (χ0n) is 14.7. The van der Waals surface area contributed by atoms with Crippen LogP contribution in [0.1, 0.15) is 38.7 Å². The maximum absolute atomic E-state index is 12.1. The van der Waals surface area contributed by atoms with Gasteiger partial charge in [0.1, 0.15) is 12.6 Å². The van der Waals surface area contributed by atoms with Crippen LogP contribution in [0.2, 0.25) is 0 Å². The van der Waals surface area contributed by atoms with Crippen LogP contribution in [0.4, 0.5) is 4.79 Å². The predicted octanol–water partition coefficient (Wildman–Crippen LogP) is 3.84. The minimum absolute atomic E-state index is 0.150. The second-order valence-electron chi connectivity index (χ2n) is 6.33. The van der Waals surface area contributed by atoms with Crippen LogP contribution in [0.25, 0.3) is 0 Å². The van der Waals surface area contributed by atoms with Gasteiger partial charge in [-0.15, -0.1) is 6.58 Å². The summed E-state index contributed by atoms with van der Waals surface area (Å²) in [6, 6.07) is 8.60. The topological polar surface area (TPSA) is 64.6 Å². The molecule has 0 fully saturated rings. The fraction of sp³-hybridized carbons (Fsp3) is 0.474. The van der Waals surface area contributed by atoms with E-state index in [1.54, 1.807) is 0 Å². The number of unbranched alkanes of at least 4 members (excludes halogenated alkanes) is 1. The number of carbonyl (C=O) groups excluding carboxylic acids is 2. The molecule has 1 amide bonds. The first kappa shape index (κ1) is 19.7. The highest BCUT2D eigenvalue weighted by Crippen LogP contribution is 2.28. The molecule has 0 bridgehead atoms. The fourth-order valence-electron chi connectivity index (χ4n) is 2.42. The molecule has 1 N–H and O–H groups in total. The number of allylic oxidation sites excluding steroid dienone is 1. The summed E-state index contributed by atoms with van der Waals surface area (Å²) in [5, 5.41) is 2.64. The van der Waals surface area contributed by atoms with Gasteiger partial charge in [0.2, 0.25) is 0 Å². The Morgan fingerprint density at radius 1 is 1.29 bits per heavy atom. The second-order valence-corrected chi connectivity index (χ2v) is 6.33. The average molecular weight is 333 g/mol. The van der Waals surface area contributed by atoms with Crippen LogP contribution in [-0.2, 0) is 20.9 Å². The largest absolute Gasteiger partial charge is 0.467 e. The van der Waals surface area contributed by atoms with Gasteiger partial charge < -0.3 is 14.8 Å². The Hall–Kier alpha value is -2.30. The summed E-state index contributed by atoms with van der Waals surface area (Å²) in [6.45, 7) is 7.70. The molecular weight excluding hydrogens is 306 g/mol. The fourth-order valence-corrected chi connectivity index (χ4v) is 2.42. The number of benzene rings is 1. The number of nitrogens with one attached hydrogen (secondary N) is 1. The van der Waals surface area contributed by atoms with Crippen molar-refractivity contribution in [2.45, 2.75) is 45.8 Å². The Morgan fingerprint density at radius 2 is 1.96 bits per heavy atom. The zero-order valence-corrected chi connectivity index (χ0v) is 14.7. The molecule has 1 atom stereocenters. The van der Waals surface area contributed by atoms with E-state index >= 15 is 0 Å². The highest BCUT2D eigenvalue weighted by Gasteiger charge is 2.37. The molecular formula is C19H27NO4. The summed E-state index contributed by atoms with van der Waals surface area (Å²) >= 11 is 0. The van der Waals surface area contributed by atoms with E-state index in [0.29, 0.717) is 0 Å². The van der Waals surface area contributed by atoms with Gasteiger partial charge in [0.05, 0.1) is 7.11 Å². The Labute approximate surface area is 144 Å². The SMILES string of the molecule is C=CCCCC(C)(C)C(NC(=O)OCc1ccccc1)C(=O)OC. The molecule has 24 heavy (non-hydrogen) atoms. The molecule has 1 unspecified atom stereocenters. The molecule has 1 aromatic carbocycles. The molecule has 0 aliphatic carbocycles. The highest BCUT2D eigenvalue weighted by atomic mass is 16.6. The van der Waals surface area contributed by atoms with Gasteiger partial charge in [0.15, 0.2) is 0 Å². The van der Waals surface area contributed by atoms with Crippen molar-refractivity contribution in [1.82, 2.24) is 5.32 Å². The number of methoxy groups -OCH3 is 1. The van der Waals surface area contributed by atoms with Crippen molar-refractivity contribution in [3.63, 3.8) is 0 Å². The first-order valence-corrected chi connectivity index (χ1v) is 8.06. The lowest BCUT2D eigenvalue weighted by atomic mass is 9.79. The third kappa shape index (κ3) is 6.44. The summed E-state index contributed by atoms with van der Waals surface area (Å²) in [6.07, 6.45) is 3.69. The molecule has 5 nitrogen and oxygen atoms in total. The summed E-state index contributed by atoms with van der Waals surface area (Å²) < 4.78 is 10.0. The van der Waals surface area contributed by atoms with Gasteiger partial charge in [0.25, 0.3) is 0 Å². The number of carbonyl (C=O) groups is 2. The molecule has 0 saturated heterocycles. The number of esters is 1. The van der Waals surface area contributed by atoms with Crippen molar-refractivity contribution in [3.8, 4) is 0 Å². The van der Waals surface area contributed by atoms with E-state index in [2.05, 4.69) is 11.9 Å². The number of ether oxygens (including phenoxy) is 2. The lowest BCUT2D eigenvalue weighted by Crippen LogP contribution is -2.51. The van der Waals surface area contributed by atoms with Crippen molar-refractivity contribution in [1.29, 1.82) is 0 Å². The van der Waals surface area contributed by atoms with Crippen LogP contribution >= 0.6 is 0 Å². The van der Waals surface area contributed by atoms with Crippen LogP contribution in [0.3, 0.4) is 0 Å². The van der Waals surface area contributed by atoms with Crippen LogP contribution in [0.15, 0.2) is 43.0 Å². The average Bonchev–Trinajstić information content (AvgIpc) is 2.58. The number of hydrogen-bond acceptors (Lipinski definition) is 4. The van der Waals surface area contributed by atoms with E-state index in [4.69, 9.17) is 9.47 Å². The van der Waals surface area contributed by atoms with Crippen molar-refractivity contribution < 1.29 is 19.1 Å².